The van der Waals surface area contributed by atoms with E-state index in [-0.39, 0.29) is 5.91 Å². The molecule has 3 heterocycles. The van der Waals surface area contributed by atoms with Crippen molar-refractivity contribution < 1.29 is 4.79 Å². The molecular weight excluding hydrogens is 378 g/mol. The smallest absolute Gasteiger partial charge is 0.254 e. The van der Waals surface area contributed by atoms with Crippen LogP contribution in [0.5, 0.6) is 0 Å². The number of nitrogen functional groups attached to an aromatic ring is 1. The van der Waals surface area contributed by atoms with Gasteiger partial charge in [0.05, 0.1) is 11.1 Å². The van der Waals surface area contributed by atoms with E-state index in [0.717, 1.165) is 31.5 Å². The number of hydrogen-bond donors (Lipinski definition) is 2. The number of carbonyl (C=O) groups is 1. The first kappa shape index (κ1) is 20.0. The summed E-state index contributed by atoms with van der Waals surface area (Å²) in [5.41, 5.74) is 8.75. The van der Waals surface area contributed by atoms with E-state index >= 15 is 0 Å². The lowest BCUT2D eigenvalue weighted by Crippen LogP contribution is -2.37. The molecular formula is C22H27N7O. The minimum Gasteiger partial charge on any atom is -0.383 e. The van der Waals surface area contributed by atoms with E-state index in [1.54, 1.807) is 19.0 Å². The molecule has 156 valence electrons. The first-order chi connectivity index (χ1) is 14.4. The number of carbonyl (C=O) groups excluding carboxylic acids is 1. The second-order valence-electron chi connectivity index (χ2n) is 7.97. The molecule has 0 spiro atoms. The van der Waals surface area contributed by atoms with Gasteiger partial charge in [-0.25, -0.2) is 4.98 Å². The van der Waals surface area contributed by atoms with Gasteiger partial charge in [0.25, 0.3) is 5.91 Å². The Morgan fingerprint density at radius 3 is 2.57 bits per heavy atom. The van der Waals surface area contributed by atoms with Gasteiger partial charge in [0, 0.05) is 31.3 Å². The fourth-order valence-corrected chi connectivity index (χ4v) is 3.72. The highest BCUT2D eigenvalue weighted by Crippen LogP contribution is 2.27. The third-order valence-electron chi connectivity index (χ3n) is 5.48. The summed E-state index contributed by atoms with van der Waals surface area (Å²) in [5.74, 6) is 0.823. The van der Waals surface area contributed by atoms with E-state index in [1.807, 2.05) is 36.4 Å². The van der Waals surface area contributed by atoms with Crippen LogP contribution in [0.25, 0.3) is 22.3 Å². The first-order valence-electron chi connectivity index (χ1n) is 10.1. The van der Waals surface area contributed by atoms with Gasteiger partial charge in [0.15, 0.2) is 5.65 Å². The molecule has 0 aliphatic carbocycles. The van der Waals surface area contributed by atoms with Crippen LogP contribution in [0, 0.1) is 0 Å². The van der Waals surface area contributed by atoms with Gasteiger partial charge in [-0.1, -0.05) is 18.2 Å². The predicted octanol–water partition coefficient (Wildman–Crippen LogP) is 2.48. The second-order valence-corrected chi connectivity index (χ2v) is 7.97. The minimum absolute atomic E-state index is 0.0701. The number of likely N-dealkylation sites (tertiary alicyclic amines) is 1. The van der Waals surface area contributed by atoms with Crippen molar-refractivity contribution in [3.63, 3.8) is 0 Å². The zero-order chi connectivity index (χ0) is 21.3. The molecule has 1 aliphatic heterocycles. The minimum atomic E-state index is -0.0701. The number of nitrogens with zero attached hydrogens (tertiary/aromatic N) is 5. The van der Waals surface area contributed by atoms with Crippen LogP contribution in [0.15, 0.2) is 36.4 Å². The third kappa shape index (κ3) is 4.04. The quantitative estimate of drug-likeness (QED) is 0.688. The van der Waals surface area contributed by atoms with E-state index in [9.17, 15) is 4.79 Å². The number of fused-ring (bicyclic) bond motifs is 1. The van der Waals surface area contributed by atoms with Crippen molar-refractivity contribution in [1.29, 1.82) is 0 Å². The molecule has 0 unspecified atom stereocenters. The van der Waals surface area contributed by atoms with E-state index in [0.29, 0.717) is 40.1 Å². The maximum absolute atomic E-state index is 12.6. The summed E-state index contributed by atoms with van der Waals surface area (Å²) in [7, 11) is 5.61. The average Bonchev–Trinajstić information content (AvgIpc) is 2.74. The van der Waals surface area contributed by atoms with Gasteiger partial charge >= 0.3 is 0 Å². The number of pyridine rings is 1. The Hall–Kier alpha value is -3.26. The molecule has 0 atom stereocenters. The number of rotatable bonds is 4. The Bertz CT molecular complexity index is 1070. The molecule has 1 saturated heterocycles. The first-order valence-corrected chi connectivity index (χ1v) is 10.1. The topological polar surface area (TPSA) is 100 Å². The van der Waals surface area contributed by atoms with Crippen molar-refractivity contribution in [2.45, 2.75) is 18.9 Å². The predicted molar refractivity (Wildman–Crippen MR) is 119 cm³/mol. The number of nitrogens with two attached hydrogens (primary N) is 1. The largest absolute Gasteiger partial charge is 0.383 e. The molecule has 3 N–H and O–H groups in total. The average molecular weight is 406 g/mol. The van der Waals surface area contributed by atoms with Crippen LogP contribution in [0.4, 0.5) is 11.8 Å². The van der Waals surface area contributed by atoms with Crippen molar-refractivity contribution >= 4 is 28.7 Å². The van der Waals surface area contributed by atoms with E-state index in [1.165, 1.54) is 0 Å². The van der Waals surface area contributed by atoms with Crippen molar-refractivity contribution in [3.8, 4) is 11.3 Å². The number of aromatic nitrogens is 3. The summed E-state index contributed by atoms with van der Waals surface area (Å²) >= 11 is 0. The Balaban J connectivity index is 1.70. The SMILES string of the molecule is CN1CCC(Nc2nc(N)c3ccc(-c4ccccc4C(=O)N(C)C)nc3n2)CC1. The van der Waals surface area contributed by atoms with Crippen LogP contribution in [0.2, 0.25) is 0 Å². The number of anilines is 2. The number of nitrogens with one attached hydrogen (secondary N) is 1. The highest BCUT2D eigenvalue weighted by molar-refractivity contribution is 6.00. The second kappa shape index (κ2) is 8.23. The monoisotopic (exact) mass is 405 g/mol. The van der Waals surface area contributed by atoms with Gasteiger partial charge in [-0.15, -0.1) is 0 Å². The lowest BCUT2D eigenvalue weighted by Gasteiger charge is -2.29. The Kier molecular flexibility index (Phi) is 5.50. The molecule has 1 aliphatic rings. The molecule has 0 radical (unpaired) electrons. The standard InChI is InChI=1S/C22H27N7O/c1-28(2)21(30)16-7-5-4-6-15(16)18-9-8-17-19(23)26-22(27-20(17)25-18)24-14-10-12-29(3)13-11-14/h4-9,14H,10-13H2,1-3H3,(H3,23,24,25,26,27). The lowest BCUT2D eigenvalue weighted by molar-refractivity contribution is 0.0828. The number of benzene rings is 1. The normalized spacial score (nSPS) is 15.3. The van der Waals surface area contributed by atoms with Gasteiger partial charge in [0.1, 0.15) is 5.82 Å². The summed E-state index contributed by atoms with van der Waals surface area (Å²) < 4.78 is 0. The van der Waals surface area contributed by atoms with Gasteiger partial charge in [0.2, 0.25) is 5.95 Å². The molecule has 3 aromatic rings. The van der Waals surface area contributed by atoms with Crippen molar-refractivity contribution in [2.24, 2.45) is 0 Å². The van der Waals surface area contributed by atoms with Gasteiger partial charge < -0.3 is 20.9 Å². The highest BCUT2D eigenvalue weighted by Gasteiger charge is 2.19. The van der Waals surface area contributed by atoms with Crippen LogP contribution in [-0.2, 0) is 0 Å². The Morgan fingerprint density at radius 1 is 1.10 bits per heavy atom. The fraction of sp³-hybridized carbons (Fsp3) is 0.364. The number of piperidine rings is 1. The summed E-state index contributed by atoms with van der Waals surface area (Å²) in [5, 5.41) is 4.11. The molecule has 0 saturated carbocycles. The van der Waals surface area contributed by atoms with Crippen LogP contribution in [-0.4, -0.2) is 70.9 Å². The summed E-state index contributed by atoms with van der Waals surface area (Å²) in [6.45, 7) is 2.08. The van der Waals surface area contributed by atoms with E-state index in [2.05, 4.69) is 27.2 Å². The Labute approximate surface area is 176 Å². The molecule has 1 aromatic carbocycles. The summed E-state index contributed by atoms with van der Waals surface area (Å²) in [4.78, 5) is 30.2. The zero-order valence-electron chi connectivity index (χ0n) is 17.6. The van der Waals surface area contributed by atoms with Crippen molar-refractivity contribution in [3.05, 3.63) is 42.0 Å². The lowest BCUT2D eigenvalue weighted by atomic mass is 10.0. The van der Waals surface area contributed by atoms with Gasteiger partial charge in [-0.2, -0.15) is 9.97 Å². The molecule has 30 heavy (non-hydrogen) atoms. The molecule has 1 amide bonds. The summed E-state index contributed by atoms with van der Waals surface area (Å²) in [6.07, 6.45) is 2.07. The molecule has 1 fully saturated rings. The van der Waals surface area contributed by atoms with Crippen LogP contribution in [0.3, 0.4) is 0 Å². The number of amides is 1. The molecule has 2 aromatic heterocycles. The van der Waals surface area contributed by atoms with Crippen LogP contribution in [0.1, 0.15) is 23.2 Å². The molecule has 8 heteroatoms. The third-order valence-corrected chi connectivity index (χ3v) is 5.48. The zero-order valence-corrected chi connectivity index (χ0v) is 17.6. The highest BCUT2D eigenvalue weighted by atomic mass is 16.2. The van der Waals surface area contributed by atoms with Crippen molar-refractivity contribution in [1.82, 2.24) is 24.8 Å². The van der Waals surface area contributed by atoms with Crippen LogP contribution < -0.4 is 11.1 Å². The summed E-state index contributed by atoms with van der Waals surface area (Å²) in [6, 6.07) is 11.5. The Morgan fingerprint density at radius 2 is 1.83 bits per heavy atom. The number of hydrogen-bond acceptors (Lipinski definition) is 7. The van der Waals surface area contributed by atoms with Gasteiger partial charge in [-0.05, 0) is 51.2 Å². The maximum Gasteiger partial charge on any atom is 0.254 e. The van der Waals surface area contributed by atoms with Gasteiger partial charge in [-0.3, -0.25) is 4.79 Å². The maximum atomic E-state index is 12.6. The van der Waals surface area contributed by atoms with E-state index < -0.39 is 0 Å². The molecule has 0 bridgehead atoms. The molecule has 8 nitrogen and oxygen atoms in total. The molecule has 4 rings (SSSR count). The van der Waals surface area contributed by atoms with E-state index in [4.69, 9.17) is 10.7 Å². The fourth-order valence-electron chi connectivity index (χ4n) is 3.72. The van der Waals surface area contributed by atoms with Crippen molar-refractivity contribution in [2.75, 3.05) is 45.3 Å². The van der Waals surface area contributed by atoms with Crippen LogP contribution >= 0.6 is 0 Å².